The van der Waals surface area contributed by atoms with E-state index in [9.17, 15) is 4.57 Å². The van der Waals surface area contributed by atoms with Crippen molar-refractivity contribution < 1.29 is 28.3 Å². The van der Waals surface area contributed by atoms with Crippen molar-refractivity contribution in [2.24, 2.45) is 0 Å². The number of ether oxygens (including phenoxy) is 2. The van der Waals surface area contributed by atoms with Gasteiger partial charge in [-0.2, -0.15) is 0 Å². The lowest BCUT2D eigenvalue weighted by Gasteiger charge is -2.17. The van der Waals surface area contributed by atoms with E-state index in [2.05, 4.69) is 4.52 Å². The third kappa shape index (κ3) is 10.5. The van der Waals surface area contributed by atoms with Crippen molar-refractivity contribution in [3.63, 3.8) is 0 Å². The predicted octanol–water partition coefficient (Wildman–Crippen LogP) is 1.32. The van der Waals surface area contributed by atoms with E-state index in [0.717, 1.165) is 6.42 Å². The lowest BCUT2D eigenvalue weighted by atomic mass is 10.4. The zero-order valence-electron chi connectivity index (χ0n) is 9.96. The maximum absolute atomic E-state index is 10.5. The second-order valence-electron chi connectivity index (χ2n) is 3.63. The van der Waals surface area contributed by atoms with Crippen LogP contribution in [0.15, 0.2) is 0 Å². The predicted molar refractivity (Wildman–Crippen MR) is 59.1 cm³/mol. The third-order valence-corrected chi connectivity index (χ3v) is 2.27. The summed E-state index contributed by atoms with van der Waals surface area (Å²) >= 11 is 0. The Kier molecular flexibility index (Phi) is 8.18. The van der Waals surface area contributed by atoms with Crippen LogP contribution in [0.25, 0.3) is 0 Å². The average molecular weight is 256 g/mol. The number of phosphoric acid groups is 1. The van der Waals surface area contributed by atoms with Gasteiger partial charge < -0.3 is 19.3 Å². The van der Waals surface area contributed by atoms with Gasteiger partial charge in [-0.05, 0) is 20.3 Å². The van der Waals surface area contributed by atoms with Gasteiger partial charge in [-0.1, -0.05) is 6.92 Å². The second-order valence-corrected chi connectivity index (χ2v) is 4.82. The summed E-state index contributed by atoms with van der Waals surface area (Å²) in [6, 6.07) is 0. The van der Waals surface area contributed by atoms with Crippen molar-refractivity contribution in [3.05, 3.63) is 0 Å². The quantitative estimate of drug-likeness (QED) is 0.478. The molecule has 0 saturated carbocycles. The standard InChI is InChI=1S/C9H21O6P/c1-4-5-13-6-8(2)14-7-9(3)15-16(10,11)12/h8-9H,4-7H2,1-3H3,(H2,10,11,12). The van der Waals surface area contributed by atoms with Gasteiger partial charge in [0.2, 0.25) is 0 Å². The Morgan fingerprint density at radius 2 is 1.81 bits per heavy atom. The van der Waals surface area contributed by atoms with Crippen LogP contribution in [0, 0.1) is 0 Å². The summed E-state index contributed by atoms with van der Waals surface area (Å²) in [4.78, 5) is 17.1. The van der Waals surface area contributed by atoms with Gasteiger partial charge in [-0.3, -0.25) is 4.52 Å². The SMILES string of the molecule is CCCOCC(C)OCC(C)OP(=O)(O)O. The molecule has 16 heavy (non-hydrogen) atoms. The van der Waals surface area contributed by atoms with Gasteiger partial charge in [-0.25, -0.2) is 4.57 Å². The molecule has 2 unspecified atom stereocenters. The molecule has 0 aromatic rings. The first-order chi connectivity index (χ1) is 7.35. The molecule has 0 saturated heterocycles. The smallest absolute Gasteiger partial charge is 0.379 e. The van der Waals surface area contributed by atoms with Gasteiger partial charge in [0.05, 0.1) is 25.4 Å². The molecule has 7 heteroatoms. The van der Waals surface area contributed by atoms with Gasteiger partial charge in [-0.15, -0.1) is 0 Å². The monoisotopic (exact) mass is 256 g/mol. The Hall–Kier alpha value is 0.0300. The van der Waals surface area contributed by atoms with Crippen LogP contribution in [0.5, 0.6) is 0 Å². The van der Waals surface area contributed by atoms with E-state index >= 15 is 0 Å². The van der Waals surface area contributed by atoms with Crippen molar-refractivity contribution in [1.82, 2.24) is 0 Å². The zero-order chi connectivity index (χ0) is 12.6. The van der Waals surface area contributed by atoms with E-state index in [-0.39, 0.29) is 12.7 Å². The summed E-state index contributed by atoms with van der Waals surface area (Å²) in [6.07, 6.45) is 0.189. The van der Waals surface area contributed by atoms with Crippen LogP contribution in [0.4, 0.5) is 0 Å². The van der Waals surface area contributed by atoms with Gasteiger partial charge in [0.1, 0.15) is 0 Å². The Morgan fingerprint density at radius 1 is 1.19 bits per heavy atom. The van der Waals surface area contributed by atoms with E-state index in [1.165, 1.54) is 0 Å². The van der Waals surface area contributed by atoms with E-state index in [0.29, 0.717) is 13.2 Å². The molecule has 0 aromatic carbocycles. The molecular formula is C9H21O6P. The molecule has 0 aliphatic rings. The van der Waals surface area contributed by atoms with Crippen LogP contribution < -0.4 is 0 Å². The minimum absolute atomic E-state index is 0.116. The van der Waals surface area contributed by atoms with Crippen molar-refractivity contribution in [1.29, 1.82) is 0 Å². The summed E-state index contributed by atoms with van der Waals surface area (Å²) in [6.45, 7) is 6.67. The summed E-state index contributed by atoms with van der Waals surface area (Å²) in [5, 5.41) is 0. The van der Waals surface area contributed by atoms with Crippen LogP contribution in [0.2, 0.25) is 0 Å². The first kappa shape index (κ1) is 16.0. The van der Waals surface area contributed by atoms with Gasteiger partial charge in [0, 0.05) is 6.61 Å². The molecule has 0 aromatic heterocycles. The second kappa shape index (κ2) is 8.17. The van der Waals surface area contributed by atoms with Crippen LogP contribution in [0.1, 0.15) is 27.2 Å². The van der Waals surface area contributed by atoms with Crippen LogP contribution in [0.3, 0.4) is 0 Å². The van der Waals surface area contributed by atoms with Gasteiger partial charge in [0.25, 0.3) is 0 Å². The highest BCUT2D eigenvalue weighted by molar-refractivity contribution is 7.46. The third-order valence-electron chi connectivity index (χ3n) is 1.63. The van der Waals surface area contributed by atoms with Crippen molar-refractivity contribution in [2.75, 3.05) is 19.8 Å². The minimum atomic E-state index is -4.42. The van der Waals surface area contributed by atoms with E-state index in [1.54, 1.807) is 6.92 Å². The topological polar surface area (TPSA) is 85.2 Å². The minimum Gasteiger partial charge on any atom is -0.379 e. The maximum atomic E-state index is 10.5. The fourth-order valence-electron chi connectivity index (χ4n) is 1.01. The van der Waals surface area contributed by atoms with E-state index < -0.39 is 13.9 Å². The van der Waals surface area contributed by atoms with Crippen LogP contribution >= 0.6 is 7.82 Å². The number of rotatable bonds is 9. The normalized spacial score (nSPS) is 16.1. The Balaban J connectivity index is 3.58. The van der Waals surface area contributed by atoms with Gasteiger partial charge in [0.15, 0.2) is 0 Å². The molecule has 2 atom stereocenters. The summed E-state index contributed by atoms with van der Waals surface area (Å²) in [7, 11) is -4.42. The summed E-state index contributed by atoms with van der Waals surface area (Å²) in [5.74, 6) is 0. The Bertz CT molecular complexity index is 216. The fourth-order valence-corrected chi connectivity index (χ4v) is 1.54. The van der Waals surface area contributed by atoms with E-state index in [4.69, 9.17) is 19.3 Å². The largest absolute Gasteiger partial charge is 0.469 e. The number of phosphoric ester groups is 1. The highest BCUT2D eigenvalue weighted by Gasteiger charge is 2.19. The molecule has 0 rings (SSSR count). The van der Waals surface area contributed by atoms with Crippen LogP contribution in [-0.4, -0.2) is 41.8 Å². The summed E-state index contributed by atoms with van der Waals surface area (Å²) in [5.41, 5.74) is 0. The molecule has 0 aliphatic carbocycles. The molecule has 6 nitrogen and oxygen atoms in total. The highest BCUT2D eigenvalue weighted by Crippen LogP contribution is 2.37. The fraction of sp³-hybridized carbons (Fsp3) is 1.00. The highest BCUT2D eigenvalue weighted by atomic mass is 31.2. The molecule has 0 spiro atoms. The molecule has 0 amide bonds. The molecule has 2 N–H and O–H groups in total. The van der Waals surface area contributed by atoms with Crippen LogP contribution in [-0.2, 0) is 18.6 Å². The molecule has 0 heterocycles. The Labute approximate surface area is 96.1 Å². The van der Waals surface area contributed by atoms with E-state index in [1.807, 2.05) is 13.8 Å². The number of hydrogen-bond acceptors (Lipinski definition) is 4. The number of hydrogen-bond donors (Lipinski definition) is 2. The van der Waals surface area contributed by atoms with Crippen molar-refractivity contribution >= 4 is 7.82 Å². The molecule has 0 bridgehead atoms. The summed E-state index contributed by atoms with van der Waals surface area (Å²) < 4.78 is 25.5. The van der Waals surface area contributed by atoms with Crippen molar-refractivity contribution in [2.45, 2.75) is 39.4 Å². The molecule has 0 fully saturated rings. The zero-order valence-corrected chi connectivity index (χ0v) is 10.9. The van der Waals surface area contributed by atoms with Crippen molar-refractivity contribution in [3.8, 4) is 0 Å². The lowest BCUT2D eigenvalue weighted by Crippen LogP contribution is -2.23. The molecule has 98 valence electrons. The molecule has 0 radical (unpaired) electrons. The molecular weight excluding hydrogens is 235 g/mol. The maximum Gasteiger partial charge on any atom is 0.469 e. The lowest BCUT2D eigenvalue weighted by molar-refractivity contribution is -0.0356. The Morgan fingerprint density at radius 3 is 2.31 bits per heavy atom. The van der Waals surface area contributed by atoms with Gasteiger partial charge >= 0.3 is 7.82 Å². The molecule has 0 aliphatic heterocycles. The first-order valence-corrected chi connectivity index (χ1v) is 6.81. The first-order valence-electron chi connectivity index (χ1n) is 5.28. The average Bonchev–Trinajstić information content (AvgIpc) is 2.12.